The van der Waals surface area contributed by atoms with Gasteiger partial charge in [0.05, 0.1) is 10.6 Å². The molecule has 1 heterocycles. The first-order valence-corrected chi connectivity index (χ1v) is 8.34. The minimum absolute atomic E-state index is 0.109. The SMILES string of the molecule is O=C(Cc1ccc2c(c1)B(O)OC21CCC1)c1ccc(F)cc1Cl. The van der Waals surface area contributed by atoms with Crippen molar-refractivity contribution in [2.24, 2.45) is 0 Å². The Hall–Kier alpha value is -1.69. The van der Waals surface area contributed by atoms with Crippen LogP contribution in [0.15, 0.2) is 36.4 Å². The number of carbonyl (C=O) groups excluding carboxylic acids is 1. The fourth-order valence-electron chi connectivity index (χ4n) is 3.56. The minimum Gasteiger partial charge on any atom is -0.423 e. The lowest BCUT2D eigenvalue weighted by atomic mass is 9.72. The summed E-state index contributed by atoms with van der Waals surface area (Å²) in [4.78, 5) is 12.4. The number of rotatable bonds is 3. The van der Waals surface area contributed by atoms with E-state index in [0.717, 1.165) is 41.9 Å². The molecule has 0 atom stereocenters. The van der Waals surface area contributed by atoms with Gasteiger partial charge in [-0.25, -0.2) is 4.39 Å². The van der Waals surface area contributed by atoms with Gasteiger partial charge in [0.25, 0.3) is 0 Å². The number of carbonyl (C=O) groups is 1. The number of Topliss-reactive ketones (excluding diaryl/α,β-unsaturated/α-hetero) is 1. The van der Waals surface area contributed by atoms with E-state index in [4.69, 9.17) is 16.3 Å². The molecule has 0 saturated heterocycles. The van der Waals surface area contributed by atoms with Crippen LogP contribution in [-0.4, -0.2) is 17.9 Å². The molecule has 1 N–H and O–H groups in total. The summed E-state index contributed by atoms with van der Waals surface area (Å²) in [6.45, 7) is 0. The molecule has 1 fully saturated rings. The molecule has 24 heavy (non-hydrogen) atoms. The summed E-state index contributed by atoms with van der Waals surface area (Å²) in [5.41, 5.74) is 2.50. The second-order valence-electron chi connectivity index (χ2n) is 6.46. The molecule has 1 aliphatic heterocycles. The van der Waals surface area contributed by atoms with Crippen molar-refractivity contribution in [1.82, 2.24) is 0 Å². The third kappa shape index (κ3) is 2.48. The van der Waals surface area contributed by atoms with Crippen LogP contribution in [0.4, 0.5) is 4.39 Å². The number of fused-ring (bicyclic) bond motifs is 2. The zero-order valence-electron chi connectivity index (χ0n) is 12.9. The fourth-order valence-corrected chi connectivity index (χ4v) is 3.84. The van der Waals surface area contributed by atoms with Crippen molar-refractivity contribution in [3.8, 4) is 0 Å². The van der Waals surface area contributed by atoms with Crippen LogP contribution < -0.4 is 5.46 Å². The van der Waals surface area contributed by atoms with Crippen molar-refractivity contribution in [2.75, 3.05) is 0 Å². The molecular formula is C18H15BClFO3. The van der Waals surface area contributed by atoms with E-state index in [0.29, 0.717) is 5.56 Å². The highest BCUT2D eigenvalue weighted by atomic mass is 35.5. The van der Waals surface area contributed by atoms with Crippen LogP contribution in [0.3, 0.4) is 0 Å². The number of hydrogen-bond donors (Lipinski definition) is 1. The third-order valence-corrected chi connectivity index (χ3v) is 5.28. The van der Waals surface area contributed by atoms with Gasteiger partial charge in [-0.2, -0.15) is 0 Å². The van der Waals surface area contributed by atoms with Crippen molar-refractivity contribution in [1.29, 1.82) is 0 Å². The second-order valence-corrected chi connectivity index (χ2v) is 6.87. The number of ketones is 1. The molecule has 0 unspecified atom stereocenters. The molecule has 2 aromatic rings. The molecule has 1 aliphatic carbocycles. The molecule has 1 spiro atoms. The largest absolute Gasteiger partial charge is 0.492 e. The molecular weight excluding hydrogens is 329 g/mol. The van der Waals surface area contributed by atoms with Crippen molar-refractivity contribution < 1.29 is 18.9 Å². The van der Waals surface area contributed by atoms with E-state index in [-0.39, 0.29) is 22.8 Å². The van der Waals surface area contributed by atoms with E-state index in [1.54, 1.807) is 0 Å². The van der Waals surface area contributed by atoms with Crippen LogP contribution in [0.25, 0.3) is 0 Å². The third-order valence-electron chi connectivity index (χ3n) is 4.97. The standard InChI is InChI=1S/C18H15BClFO3/c20-16-10-12(21)3-4-13(16)17(22)9-11-2-5-14-15(8-11)19(23)24-18(14)6-1-7-18/h2-5,8,10,23H,1,6-7,9H2. The van der Waals surface area contributed by atoms with Gasteiger partial charge in [0.15, 0.2) is 5.78 Å². The van der Waals surface area contributed by atoms with E-state index < -0.39 is 12.9 Å². The molecule has 2 aromatic carbocycles. The van der Waals surface area contributed by atoms with Crippen molar-refractivity contribution in [3.05, 3.63) is 63.9 Å². The monoisotopic (exact) mass is 344 g/mol. The summed E-state index contributed by atoms with van der Waals surface area (Å²) >= 11 is 5.95. The maximum atomic E-state index is 13.1. The lowest BCUT2D eigenvalue weighted by Crippen LogP contribution is -2.35. The van der Waals surface area contributed by atoms with Crippen LogP contribution in [-0.2, 0) is 16.7 Å². The van der Waals surface area contributed by atoms with Crippen LogP contribution in [0.1, 0.15) is 40.7 Å². The molecule has 6 heteroatoms. The van der Waals surface area contributed by atoms with Crippen LogP contribution >= 0.6 is 11.6 Å². The minimum atomic E-state index is -0.940. The van der Waals surface area contributed by atoms with Crippen LogP contribution in [0, 0.1) is 5.82 Å². The predicted molar refractivity (Wildman–Crippen MR) is 90.1 cm³/mol. The molecule has 0 amide bonds. The number of halogens is 2. The summed E-state index contributed by atoms with van der Waals surface area (Å²) in [7, 11) is -0.940. The van der Waals surface area contributed by atoms with Gasteiger partial charge in [-0.05, 0) is 54.1 Å². The van der Waals surface area contributed by atoms with Gasteiger partial charge in [-0.1, -0.05) is 29.8 Å². The maximum Gasteiger partial charge on any atom is 0.492 e. The normalized spacial score (nSPS) is 17.7. The Balaban J connectivity index is 1.60. The van der Waals surface area contributed by atoms with Gasteiger partial charge in [-0.3, -0.25) is 4.79 Å². The molecule has 2 aliphatic rings. The lowest BCUT2D eigenvalue weighted by molar-refractivity contribution is -0.0152. The first-order valence-electron chi connectivity index (χ1n) is 7.96. The van der Waals surface area contributed by atoms with E-state index >= 15 is 0 Å². The zero-order valence-corrected chi connectivity index (χ0v) is 13.6. The molecule has 0 aromatic heterocycles. The molecule has 3 nitrogen and oxygen atoms in total. The first-order chi connectivity index (χ1) is 11.5. The highest BCUT2D eigenvalue weighted by Gasteiger charge is 2.50. The maximum absolute atomic E-state index is 13.1. The summed E-state index contributed by atoms with van der Waals surface area (Å²) in [5.74, 6) is -0.660. The summed E-state index contributed by atoms with van der Waals surface area (Å²) in [6.07, 6.45) is 3.06. The second kappa shape index (κ2) is 5.69. The predicted octanol–water partition coefficient (Wildman–Crippen LogP) is 3.00. The van der Waals surface area contributed by atoms with Crippen LogP contribution in [0.2, 0.25) is 5.02 Å². The van der Waals surface area contributed by atoms with Gasteiger partial charge >= 0.3 is 7.12 Å². The Labute approximate surface area is 144 Å². The molecule has 122 valence electrons. The van der Waals surface area contributed by atoms with E-state index in [2.05, 4.69) is 0 Å². The zero-order chi connectivity index (χ0) is 16.9. The summed E-state index contributed by atoms with van der Waals surface area (Å²) in [6, 6.07) is 9.40. The Kier molecular flexibility index (Phi) is 3.75. The van der Waals surface area contributed by atoms with Gasteiger partial charge in [0.1, 0.15) is 5.82 Å². The molecule has 4 rings (SSSR count). The van der Waals surface area contributed by atoms with E-state index in [1.807, 2.05) is 18.2 Å². The van der Waals surface area contributed by atoms with E-state index in [9.17, 15) is 14.2 Å². The van der Waals surface area contributed by atoms with Gasteiger partial charge in [0, 0.05) is 12.0 Å². The fraction of sp³-hybridized carbons (Fsp3) is 0.278. The smallest absolute Gasteiger partial charge is 0.423 e. The Bertz CT molecular complexity index is 835. The van der Waals surface area contributed by atoms with Crippen molar-refractivity contribution in [3.63, 3.8) is 0 Å². The summed E-state index contributed by atoms with van der Waals surface area (Å²) < 4.78 is 18.8. The number of hydrogen-bond acceptors (Lipinski definition) is 3. The topological polar surface area (TPSA) is 46.5 Å². The van der Waals surface area contributed by atoms with Gasteiger partial charge in [-0.15, -0.1) is 0 Å². The number of benzene rings is 2. The lowest BCUT2D eigenvalue weighted by Gasteiger charge is -2.39. The Morgan fingerprint density at radius 1 is 1.29 bits per heavy atom. The van der Waals surface area contributed by atoms with Crippen LogP contribution in [0.5, 0.6) is 0 Å². The van der Waals surface area contributed by atoms with Gasteiger partial charge < -0.3 is 9.68 Å². The quantitative estimate of drug-likeness (QED) is 0.688. The van der Waals surface area contributed by atoms with Crippen molar-refractivity contribution in [2.45, 2.75) is 31.3 Å². The molecule has 1 saturated carbocycles. The average Bonchev–Trinajstić information content (AvgIpc) is 2.80. The average molecular weight is 345 g/mol. The van der Waals surface area contributed by atoms with Crippen molar-refractivity contribution >= 4 is 30.0 Å². The highest BCUT2D eigenvalue weighted by molar-refractivity contribution is 6.62. The highest BCUT2D eigenvalue weighted by Crippen LogP contribution is 2.47. The molecule has 0 radical (unpaired) electrons. The molecule has 0 bridgehead atoms. The van der Waals surface area contributed by atoms with E-state index in [1.165, 1.54) is 12.1 Å². The Morgan fingerprint density at radius 2 is 2.08 bits per heavy atom. The van der Waals surface area contributed by atoms with Gasteiger partial charge in [0.2, 0.25) is 0 Å². The first kappa shape index (κ1) is 15.8. The Morgan fingerprint density at radius 3 is 2.75 bits per heavy atom. The summed E-state index contributed by atoms with van der Waals surface area (Å²) in [5, 5.41) is 10.3.